The average Bonchev–Trinajstić information content (AvgIpc) is 2.62. The van der Waals surface area contributed by atoms with Gasteiger partial charge in [-0.2, -0.15) is 13.2 Å². The molecule has 0 atom stereocenters. The van der Waals surface area contributed by atoms with Crippen molar-refractivity contribution in [2.45, 2.75) is 43.7 Å². The first-order valence-corrected chi connectivity index (χ1v) is 8.75. The van der Waals surface area contributed by atoms with E-state index in [0.717, 1.165) is 29.0 Å². The topological polar surface area (TPSA) is 38.8 Å². The van der Waals surface area contributed by atoms with Crippen molar-refractivity contribution in [3.8, 4) is 0 Å². The molecule has 0 amide bonds. The Labute approximate surface area is 149 Å². The van der Waals surface area contributed by atoms with Crippen LogP contribution in [0.1, 0.15) is 48.6 Å². The summed E-state index contributed by atoms with van der Waals surface area (Å²) in [6.07, 6.45) is -2.24. The molecule has 0 N–H and O–H groups in total. The largest absolute Gasteiger partial charge is 0.492 e. The number of alkyl halides is 3. The number of hydrogen-bond acceptors (Lipinski definition) is 4. The molecule has 2 fully saturated rings. The summed E-state index contributed by atoms with van der Waals surface area (Å²) in [4.78, 5) is 15.3. The Morgan fingerprint density at radius 3 is 2.27 bits per heavy atom. The summed E-state index contributed by atoms with van der Waals surface area (Å²) < 4.78 is 56.1. The summed E-state index contributed by atoms with van der Waals surface area (Å²) >= 11 is 0. The van der Waals surface area contributed by atoms with Crippen LogP contribution in [0.4, 0.5) is 17.6 Å². The second-order valence-corrected chi connectivity index (χ2v) is 6.74. The average molecular weight is 375 g/mol. The van der Waals surface area contributed by atoms with E-state index in [9.17, 15) is 22.4 Å². The Hall–Kier alpha value is -1.67. The molecule has 0 bridgehead atoms. The first-order chi connectivity index (χ1) is 12.3. The zero-order valence-corrected chi connectivity index (χ0v) is 14.2. The molecule has 8 heteroatoms. The predicted octanol–water partition coefficient (Wildman–Crippen LogP) is 3.92. The highest BCUT2D eigenvalue weighted by Crippen LogP contribution is 2.37. The van der Waals surface area contributed by atoms with Crippen LogP contribution >= 0.6 is 0 Å². The lowest BCUT2D eigenvalue weighted by Gasteiger charge is -2.33. The van der Waals surface area contributed by atoms with E-state index >= 15 is 0 Å². The molecule has 2 saturated heterocycles. The van der Waals surface area contributed by atoms with Crippen molar-refractivity contribution in [3.63, 3.8) is 0 Å². The molecule has 0 aromatic heterocycles. The van der Waals surface area contributed by atoms with Crippen LogP contribution in [-0.2, 0) is 14.4 Å². The Bertz CT molecular complexity index is 636. The Kier molecular flexibility index (Phi) is 5.82. The first-order valence-electron chi connectivity index (χ1n) is 8.75. The molecule has 0 unspecified atom stereocenters. The summed E-state index contributed by atoms with van der Waals surface area (Å²) in [5.74, 6) is -2.18. The molecular formula is C18H21F4NO3. The molecule has 3 rings (SSSR count). The molecule has 2 heterocycles. The predicted molar refractivity (Wildman–Crippen MR) is 84.9 cm³/mol. The van der Waals surface area contributed by atoms with E-state index < -0.39 is 12.1 Å². The van der Waals surface area contributed by atoms with E-state index in [0.29, 0.717) is 32.0 Å². The minimum atomic E-state index is -5.00. The van der Waals surface area contributed by atoms with Crippen LogP contribution in [0.5, 0.6) is 0 Å². The van der Waals surface area contributed by atoms with Gasteiger partial charge in [0, 0.05) is 26.3 Å². The maximum absolute atomic E-state index is 13.8. The molecule has 26 heavy (non-hydrogen) atoms. The Morgan fingerprint density at radius 2 is 1.65 bits per heavy atom. The summed E-state index contributed by atoms with van der Waals surface area (Å²) in [7, 11) is 0. The zero-order valence-electron chi connectivity index (χ0n) is 14.2. The van der Waals surface area contributed by atoms with E-state index in [1.54, 1.807) is 0 Å². The lowest BCUT2D eigenvalue weighted by Crippen LogP contribution is -2.39. The summed E-state index contributed by atoms with van der Waals surface area (Å²) in [6, 6.07) is 4.80. The van der Waals surface area contributed by atoms with Crippen molar-refractivity contribution < 1.29 is 31.9 Å². The fourth-order valence-corrected chi connectivity index (χ4v) is 3.71. The highest BCUT2D eigenvalue weighted by atomic mass is 19.4. The Balaban J connectivity index is 1.67. The van der Waals surface area contributed by atoms with E-state index in [-0.39, 0.29) is 24.8 Å². The maximum Gasteiger partial charge on any atom is 0.492 e. The number of benzene rings is 1. The summed E-state index contributed by atoms with van der Waals surface area (Å²) in [5.41, 5.74) is 2.01. The van der Waals surface area contributed by atoms with Gasteiger partial charge in [-0.25, -0.2) is 9.18 Å². The number of halogens is 4. The number of hydroxylamine groups is 2. The number of ether oxygens (including phenoxy) is 1. The molecule has 1 aromatic rings. The molecular weight excluding hydrogens is 354 g/mol. The zero-order chi connectivity index (χ0) is 18.7. The number of piperidine rings is 1. The van der Waals surface area contributed by atoms with Crippen LogP contribution in [0.2, 0.25) is 0 Å². The molecule has 2 aliphatic rings. The minimum absolute atomic E-state index is 0.0318. The fraction of sp³-hybridized carbons (Fsp3) is 0.611. The second-order valence-electron chi connectivity index (χ2n) is 6.74. The lowest BCUT2D eigenvalue weighted by atomic mass is 9.80. The third kappa shape index (κ3) is 4.54. The van der Waals surface area contributed by atoms with Crippen LogP contribution < -0.4 is 0 Å². The van der Waals surface area contributed by atoms with Crippen molar-refractivity contribution in [3.05, 3.63) is 35.1 Å². The second kappa shape index (κ2) is 7.92. The number of rotatable bonds is 3. The molecule has 2 aliphatic heterocycles. The van der Waals surface area contributed by atoms with E-state index in [1.165, 1.54) is 12.1 Å². The number of carbonyl (C=O) groups is 1. The summed E-state index contributed by atoms with van der Waals surface area (Å²) in [6.45, 7) is 1.73. The highest BCUT2D eigenvalue weighted by Gasteiger charge is 2.43. The molecule has 1 aromatic carbocycles. The van der Waals surface area contributed by atoms with Crippen molar-refractivity contribution in [1.82, 2.24) is 5.06 Å². The summed E-state index contributed by atoms with van der Waals surface area (Å²) in [5, 5.41) is 1.04. The third-order valence-corrected chi connectivity index (χ3v) is 5.05. The van der Waals surface area contributed by atoms with Gasteiger partial charge in [0.05, 0.1) is 0 Å². The quantitative estimate of drug-likeness (QED) is 0.751. The molecule has 4 nitrogen and oxygen atoms in total. The van der Waals surface area contributed by atoms with Gasteiger partial charge in [-0.1, -0.05) is 6.07 Å². The van der Waals surface area contributed by atoms with Gasteiger partial charge in [0.15, 0.2) is 0 Å². The van der Waals surface area contributed by atoms with Gasteiger partial charge in [-0.05, 0) is 60.8 Å². The van der Waals surface area contributed by atoms with Crippen LogP contribution in [0, 0.1) is 5.82 Å². The number of nitrogens with zero attached hydrogens (tertiary/aromatic N) is 1. The van der Waals surface area contributed by atoms with Crippen molar-refractivity contribution >= 4 is 5.97 Å². The van der Waals surface area contributed by atoms with Crippen LogP contribution in [0.15, 0.2) is 18.2 Å². The van der Waals surface area contributed by atoms with E-state index in [1.807, 2.05) is 6.07 Å². The number of carbonyl (C=O) groups excluding carboxylic acids is 1. The minimum Gasteiger partial charge on any atom is -0.381 e. The monoisotopic (exact) mass is 375 g/mol. The molecule has 0 aliphatic carbocycles. The van der Waals surface area contributed by atoms with Gasteiger partial charge in [-0.3, -0.25) is 0 Å². The van der Waals surface area contributed by atoms with E-state index in [4.69, 9.17) is 4.74 Å². The van der Waals surface area contributed by atoms with Crippen molar-refractivity contribution in [2.24, 2.45) is 0 Å². The SMILES string of the molecule is O=C(ON1CCC(c2cc(F)ccc2C2CCOCC2)CC1)C(F)(F)F. The molecule has 0 spiro atoms. The standard InChI is InChI=1S/C18H21F4NO3/c19-14-1-2-15(13-5-9-25-10-6-13)16(11-14)12-3-7-23(8-4-12)26-17(24)18(20,21)22/h1-2,11-13H,3-10H2. The normalized spacial score (nSPS) is 20.9. The lowest BCUT2D eigenvalue weighted by molar-refractivity contribution is -0.241. The van der Waals surface area contributed by atoms with Gasteiger partial charge in [0.1, 0.15) is 5.82 Å². The first kappa shape index (κ1) is 19.1. The fourth-order valence-electron chi connectivity index (χ4n) is 3.71. The van der Waals surface area contributed by atoms with E-state index in [2.05, 4.69) is 4.84 Å². The smallest absolute Gasteiger partial charge is 0.381 e. The van der Waals surface area contributed by atoms with Gasteiger partial charge in [0.2, 0.25) is 0 Å². The highest BCUT2D eigenvalue weighted by molar-refractivity contribution is 5.75. The van der Waals surface area contributed by atoms with Crippen molar-refractivity contribution in [1.29, 1.82) is 0 Å². The van der Waals surface area contributed by atoms with Gasteiger partial charge in [-0.15, -0.1) is 5.06 Å². The van der Waals surface area contributed by atoms with Crippen LogP contribution in [-0.4, -0.2) is 43.5 Å². The number of hydrogen-bond donors (Lipinski definition) is 0. The van der Waals surface area contributed by atoms with Crippen LogP contribution in [0.25, 0.3) is 0 Å². The molecule has 144 valence electrons. The van der Waals surface area contributed by atoms with Gasteiger partial charge < -0.3 is 9.57 Å². The molecule has 0 saturated carbocycles. The Morgan fingerprint density at radius 1 is 1.04 bits per heavy atom. The third-order valence-electron chi connectivity index (χ3n) is 5.05. The maximum atomic E-state index is 13.8. The van der Waals surface area contributed by atoms with Crippen LogP contribution in [0.3, 0.4) is 0 Å². The van der Waals surface area contributed by atoms with Crippen molar-refractivity contribution in [2.75, 3.05) is 26.3 Å². The van der Waals surface area contributed by atoms with Gasteiger partial charge in [0.25, 0.3) is 0 Å². The molecule has 0 radical (unpaired) electrons. The van der Waals surface area contributed by atoms with Gasteiger partial charge >= 0.3 is 12.1 Å².